The van der Waals surface area contributed by atoms with Crippen LogP contribution in [0.4, 0.5) is 0 Å². The summed E-state index contributed by atoms with van der Waals surface area (Å²) in [6.07, 6.45) is 0. The van der Waals surface area contributed by atoms with E-state index in [4.69, 9.17) is 10.5 Å². The first-order valence-corrected chi connectivity index (χ1v) is 6.29. The molecule has 0 aliphatic heterocycles. The van der Waals surface area contributed by atoms with Crippen LogP contribution in [0.15, 0.2) is 53.3 Å². The number of aromatic nitrogens is 1. The fourth-order valence-corrected chi connectivity index (χ4v) is 2.29. The van der Waals surface area contributed by atoms with Gasteiger partial charge in [0.1, 0.15) is 0 Å². The number of fused-ring (bicyclic) bond motifs is 1. The number of hydrogen-bond donors (Lipinski definition) is 1. The zero-order valence-electron chi connectivity index (χ0n) is 10.9. The number of aromatic amines is 1. The molecule has 1 aromatic heterocycles. The lowest BCUT2D eigenvalue weighted by atomic mass is 9.99. The van der Waals surface area contributed by atoms with Gasteiger partial charge in [-0.3, -0.25) is 4.79 Å². The van der Waals surface area contributed by atoms with Gasteiger partial charge >= 0.3 is 0 Å². The number of H-pyrrole nitrogens is 1. The summed E-state index contributed by atoms with van der Waals surface area (Å²) in [5.41, 5.74) is 3.10. The van der Waals surface area contributed by atoms with Crippen molar-refractivity contribution in [3.63, 3.8) is 0 Å². The first-order chi connectivity index (χ1) is 10.2. The van der Waals surface area contributed by atoms with Crippen LogP contribution in [-0.4, -0.2) is 4.98 Å². The van der Waals surface area contributed by atoms with E-state index in [0.717, 1.165) is 16.5 Å². The molecule has 0 bridgehead atoms. The average Bonchev–Trinajstić information content (AvgIpc) is 2.53. The van der Waals surface area contributed by atoms with Crippen LogP contribution in [0.25, 0.3) is 22.0 Å². The molecule has 1 heterocycles. The molecule has 0 aliphatic carbocycles. The molecule has 0 radical (unpaired) electrons. The first kappa shape index (κ1) is 12.7. The quantitative estimate of drug-likeness (QED) is 0.738. The molecule has 98 valence electrons. The number of pyridine rings is 1. The van der Waals surface area contributed by atoms with Crippen LogP contribution >= 0.6 is 0 Å². The fourth-order valence-electron chi connectivity index (χ4n) is 2.29. The highest BCUT2D eigenvalue weighted by molar-refractivity contribution is 5.94. The second-order valence-corrected chi connectivity index (χ2v) is 4.61. The van der Waals surface area contributed by atoms with E-state index in [9.17, 15) is 4.79 Å². The third-order valence-corrected chi connectivity index (χ3v) is 3.30. The Bertz CT molecular complexity index is 970. The highest BCUT2D eigenvalue weighted by Gasteiger charge is 2.07. The minimum Gasteiger partial charge on any atom is -0.322 e. The van der Waals surface area contributed by atoms with Gasteiger partial charge in [0, 0.05) is 11.5 Å². The predicted octanol–water partition coefficient (Wildman–Crippen LogP) is 2.94. The van der Waals surface area contributed by atoms with Crippen molar-refractivity contribution in [2.75, 3.05) is 0 Å². The number of nitriles is 2. The maximum atomic E-state index is 11.8. The molecule has 0 unspecified atom stereocenters. The Balaban J connectivity index is 2.29. The van der Waals surface area contributed by atoms with E-state index >= 15 is 0 Å². The number of nitrogens with one attached hydrogen (secondary N) is 1. The Kier molecular flexibility index (Phi) is 2.99. The maximum absolute atomic E-state index is 11.8. The van der Waals surface area contributed by atoms with Crippen molar-refractivity contribution in [3.8, 4) is 23.3 Å². The lowest BCUT2D eigenvalue weighted by Crippen LogP contribution is -2.05. The van der Waals surface area contributed by atoms with E-state index in [0.29, 0.717) is 16.6 Å². The van der Waals surface area contributed by atoms with Crippen LogP contribution in [-0.2, 0) is 0 Å². The van der Waals surface area contributed by atoms with E-state index in [2.05, 4.69) is 17.1 Å². The highest BCUT2D eigenvalue weighted by Crippen LogP contribution is 2.26. The van der Waals surface area contributed by atoms with Crippen molar-refractivity contribution in [1.29, 1.82) is 10.5 Å². The first-order valence-electron chi connectivity index (χ1n) is 6.29. The standard InChI is InChI=1S/C17H9N3O/c18-9-11-1-4-13(5-2-11)15-8-17(21)20-16-7-12(10-19)3-6-14(15)16/h1-8H,(H,20,21). The highest BCUT2D eigenvalue weighted by atomic mass is 16.1. The van der Waals surface area contributed by atoms with Gasteiger partial charge in [0.05, 0.1) is 28.8 Å². The van der Waals surface area contributed by atoms with Crippen LogP contribution in [0.2, 0.25) is 0 Å². The zero-order chi connectivity index (χ0) is 14.8. The summed E-state index contributed by atoms with van der Waals surface area (Å²) in [6, 6.07) is 17.9. The predicted molar refractivity (Wildman–Crippen MR) is 79.4 cm³/mol. The second kappa shape index (κ2) is 4.96. The second-order valence-electron chi connectivity index (χ2n) is 4.61. The summed E-state index contributed by atoms with van der Waals surface area (Å²) in [5, 5.41) is 18.6. The molecule has 0 saturated carbocycles. The molecule has 0 spiro atoms. The summed E-state index contributed by atoms with van der Waals surface area (Å²) in [7, 11) is 0. The lowest BCUT2D eigenvalue weighted by Gasteiger charge is -2.07. The van der Waals surface area contributed by atoms with Crippen molar-refractivity contribution in [2.45, 2.75) is 0 Å². The van der Waals surface area contributed by atoms with E-state index in [1.165, 1.54) is 6.07 Å². The van der Waals surface area contributed by atoms with Gasteiger partial charge < -0.3 is 4.98 Å². The molecule has 4 nitrogen and oxygen atoms in total. The van der Waals surface area contributed by atoms with Gasteiger partial charge in [0.25, 0.3) is 0 Å². The Hall–Kier alpha value is -3.37. The summed E-state index contributed by atoms with van der Waals surface area (Å²) in [6.45, 7) is 0. The maximum Gasteiger partial charge on any atom is 0.249 e. The van der Waals surface area contributed by atoms with E-state index < -0.39 is 0 Å². The minimum atomic E-state index is -0.225. The molecule has 4 heteroatoms. The van der Waals surface area contributed by atoms with Crippen LogP contribution < -0.4 is 5.56 Å². The molecular formula is C17H9N3O. The molecule has 0 saturated heterocycles. The number of rotatable bonds is 1. The Labute approximate surface area is 120 Å². The summed E-state index contributed by atoms with van der Waals surface area (Å²) in [5.74, 6) is 0. The molecule has 0 atom stereocenters. The topological polar surface area (TPSA) is 80.4 Å². The number of benzene rings is 2. The zero-order valence-corrected chi connectivity index (χ0v) is 10.9. The van der Waals surface area contributed by atoms with E-state index in [1.54, 1.807) is 24.3 Å². The van der Waals surface area contributed by atoms with Crippen molar-refractivity contribution >= 4 is 10.9 Å². The van der Waals surface area contributed by atoms with Crippen LogP contribution in [0.1, 0.15) is 11.1 Å². The molecule has 3 rings (SSSR count). The molecule has 2 aromatic carbocycles. The number of hydrogen-bond acceptors (Lipinski definition) is 3. The van der Waals surface area contributed by atoms with Gasteiger partial charge in [0.2, 0.25) is 5.56 Å². The SMILES string of the molecule is N#Cc1ccc(-c2cc(=O)[nH]c3cc(C#N)ccc23)cc1. The van der Waals surface area contributed by atoms with E-state index in [-0.39, 0.29) is 5.56 Å². The summed E-state index contributed by atoms with van der Waals surface area (Å²) < 4.78 is 0. The summed E-state index contributed by atoms with van der Waals surface area (Å²) in [4.78, 5) is 14.5. The van der Waals surface area contributed by atoms with Gasteiger partial charge in [-0.15, -0.1) is 0 Å². The van der Waals surface area contributed by atoms with Crippen molar-refractivity contribution in [1.82, 2.24) is 4.98 Å². The van der Waals surface area contributed by atoms with Crippen LogP contribution in [0.5, 0.6) is 0 Å². The van der Waals surface area contributed by atoms with Gasteiger partial charge in [-0.2, -0.15) is 10.5 Å². The molecule has 0 fully saturated rings. The molecule has 0 amide bonds. The molecule has 0 aliphatic rings. The van der Waals surface area contributed by atoms with Gasteiger partial charge in [0.15, 0.2) is 0 Å². The Morgan fingerprint density at radius 3 is 2.19 bits per heavy atom. The Morgan fingerprint density at radius 1 is 0.857 bits per heavy atom. The average molecular weight is 271 g/mol. The van der Waals surface area contributed by atoms with Gasteiger partial charge in [-0.1, -0.05) is 18.2 Å². The summed E-state index contributed by atoms with van der Waals surface area (Å²) >= 11 is 0. The third kappa shape index (κ3) is 2.27. The lowest BCUT2D eigenvalue weighted by molar-refractivity contribution is 1.30. The molecule has 21 heavy (non-hydrogen) atoms. The third-order valence-electron chi connectivity index (χ3n) is 3.30. The minimum absolute atomic E-state index is 0.225. The van der Waals surface area contributed by atoms with Crippen molar-refractivity contribution in [3.05, 3.63) is 70.0 Å². The van der Waals surface area contributed by atoms with Crippen molar-refractivity contribution in [2.24, 2.45) is 0 Å². The van der Waals surface area contributed by atoms with E-state index in [1.807, 2.05) is 18.2 Å². The monoisotopic (exact) mass is 271 g/mol. The molecule has 1 N–H and O–H groups in total. The van der Waals surface area contributed by atoms with Crippen LogP contribution in [0, 0.1) is 22.7 Å². The smallest absolute Gasteiger partial charge is 0.249 e. The van der Waals surface area contributed by atoms with Gasteiger partial charge in [-0.05, 0) is 35.4 Å². The van der Waals surface area contributed by atoms with Gasteiger partial charge in [-0.25, -0.2) is 0 Å². The number of nitrogens with zero attached hydrogens (tertiary/aromatic N) is 2. The Morgan fingerprint density at radius 2 is 1.52 bits per heavy atom. The molecular weight excluding hydrogens is 262 g/mol. The normalized spacial score (nSPS) is 10.0. The van der Waals surface area contributed by atoms with Crippen molar-refractivity contribution < 1.29 is 0 Å². The molecule has 3 aromatic rings. The largest absolute Gasteiger partial charge is 0.322 e. The van der Waals surface area contributed by atoms with Crippen LogP contribution in [0.3, 0.4) is 0 Å². The fraction of sp³-hybridized carbons (Fsp3) is 0.